The maximum absolute atomic E-state index is 11.0. The molecule has 2 aliphatic rings. The second kappa shape index (κ2) is 8.76. The molecular formula is C21H27ClN7O2S+. The monoisotopic (exact) mass is 476 g/mol. The van der Waals surface area contributed by atoms with Crippen LogP contribution in [0.4, 0.5) is 10.8 Å². The lowest BCUT2D eigenvalue weighted by Gasteiger charge is -2.23. The Morgan fingerprint density at radius 2 is 2.19 bits per heavy atom. The summed E-state index contributed by atoms with van der Waals surface area (Å²) in [5.41, 5.74) is 2.44. The number of nitrogens with zero attached hydrogens (tertiary/aromatic N) is 7. The number of quaternary nitrogens is 1. The van der Waals surface area contributed by atoms with E-state index in [9.17, 15) is 4.79 Å². The molecule has 0 radical (unpaired) electrons. The van der Waals surface area contributed by atoms with Gasteiger partial charge in [-0.3, -0.25) is 0 Å². The third-order valence-electron chi connectivity index (χ3n) is 5.91. The molecule has 11 heteroatoms. The predicted molar refractivity (Wildman–Crippen MR) is 127 cm³/mol. The molecule has 1 N–H and O–H groups in total. The molecule has 170 valence electrons. The summed E-state index contributed by atoms with van der Waals surface area (Å²) in [6, 6.07) is 6.06. The molecule has 1 aromatic carbocycles. The van der Waals surface area contributed by atoms with E-state index < -0.39 is 5.97 Å². The average Bonchev–Trinajstić information content (AvgIpc) is 3.42. The minimum atomic E-state index is -0.978. The number of aliphatic carboxylic acids is 1. The molecule has 0 amide bonds. The van der Waals surface area contributed by atoms with Crippen molar-refractivity contribution in [1.29, 1.82) is 0 Å². The van der Waals surface area contributed by atoms with E-state index in [-0.39, 0.29) is 11.2 Å². The van der Waals surface area contributed by atoms with Crippen LogP contribution in [0.25, 0.3) is 0 Å². The Hall–Kier alpha value is -2.56. The Bertz CT molecular complexity index is 1090. The summed E-state index contributed by atoms with van der Waals surface area (Å²) in [6.07, 6.45) is 1.73. The van der Waals surface area contributed by atoms with E-state index in [2.05, 4.69) is 56.2 Å². The van der Waals surface area contributed by atoms with Crippen LogP contribution >= 0.6 is 22.9 Å². The van der Waals surface area contributed by atoms with E-state index in [1.54, 1.807) is 13.2 Å². The van der Waals surface area contributed by atoms with Gasteiger partial charge in [-0.25, -0.2) is 9.78 Å². The number of likely N-dealkylation sites (N-methyl/N-ethyl adjacent to an activating group) is 1. The number of amidine groups is 1. The van der Waals surface area contributed by atoms with E-state index >= 15 is 0 Å². The number of aryl methyl sites for hydroxylation is 1. The number of thiazole rings is 1. The second-order valence-corrected chi connectivity index (χ2v) is 10.2. The van der Waals surface area contributed by atoms with Crippen LogP contribution in [0.1, 0.15) is 17.4 Å². The normalized spacial score (nSPS) is 24.8. The summed E-state index contributed by atoms with van der Waals surface area (Å²) in [5.74, 6) is 0.471. The summed E-state index contributed by atoms with van der Waals surface area (Å²) in [6.45, 7) is 7.01. The number of carboxylic acids is 1. The van der Waals surface area contributed by atoms with Crippen LogP contribution in [-0.4, -0.2) is 66.9 Å². The van der Waals surface area contributed by atoms with Crippen molar-refractivity contribution in [3.63, 3.8) is 0 Å². The van der Waals surface area contributed by atoms with Crippen LogP contribution in [0.2, 0.25) is 5.02 Å². The van der Waals surface area contributed by atoms with Crippen LogP contribution in [0, 0.1) is 18.8 Å². The van der Waals surface area contributed by atoms with Crippen molar-refractivity contribution in [1.82, 2.24) is 4.98 Å². The van der Waals surface area contributed by atoms with Gasteiger partial charge in [0.2, 0.25) is 6.54 Å². The van der Waals surface area contributed by atoms with Crippen molar-refractivity contribution >= 4 is 45.6 Å². The number of carbonyl (C=O) groups is 1. The molecule has 1 saturated heterocycles. The zero-order valence-corrected chi connectivity index (χ0v) is 20.1. The lowest BCUT2D eigenvalue weighted by molar-refractivity contribution is -0.916. The van der Waals surface area contributed by atoms with E-state index in [4.69, 9.17) is 16.7 Å². The first kappa shape index (κ1) is 22.6. The van der Waals surface area contributed by atoms with Gasteiger partial charge in [0.15, 0.2) is 5.13 Å². The maximum Gasteiger partial charge on any atom is 0.364 e. The van der Waals surface area contributed by atoms with Crippen molar-refractivity contribution in [2.45, 2.75) is 13.8 Å². The van der Waals surface area contributed by atoms with Crippen molar-refractivity contribution in [3.05, 3.63) is 39.9 Å². The minimum Gasteiger partial charge on any atom is -0.477 e. The predicted octanol–water partition coefficient (Wildman–Crippen LogP) is 3.89. The average molecular weight is 477 g/mol. The zero-order valence-electron chi connectivity index (χ0n) is 18.6. The van der Waals surface area contributed by atoms with E-state index in [1.807, 2.05) is 13.1 Å². The number of hydrogen-bond donors (Lipinski definition) is 1. The lowest BCUT2D eigenvalue weighted by atomic mass is 9.98. The molecule has 32 heavy (non-hydrogen) atoms. The molecule has 2 aromatic rings. The van der Waals surface area contributed by atoms with Crippen LogP contribution < -0.4 is 9.80 Å². The van der Waals surface area contributed by atoms with E-state index in [0.717, 1.165) is 34.7 Å². The van der Waals surface area contributed by atoms with Gasteiger partial charge in [-0.05, 0) is 46.3 Å². The topological polar surface area (TPSA) is 93.8 Å². The maximum atomic E-state index is 11.0. The fourth-order valence-electron chi connectivity index (χ4n) is 4.17. The number of benzene rings is 1. The lowest BCUT2D eigenvalue weighted by Crippen LogP contribution is -2.35. The summed E-state index contributed by atoms with van der Waals surface area (Å²) in [4.78, 5) is 20.9. The van der Waals surface area contributed by atoms with E-state index in [1.165, 1.54) is 22.6 Å². The first-order valence-electron chi connectivity index (χ1n) is 10.4. The highest BCUT2D eigenvalue weighted by Crippen LogP contribution is 2.34. The molecule has 2 aliphatic heterocycles. The van der Waals surface area contributed by atoms with Crippen LogP contribution in [0.3, 0.4) is 0 Å². The largest absolute Gasteiger partial charge is 0.477 e. The van der Waals surface area contributed by atoms with Gasteiger partial charge in [0.1, 0.15) is 11.9 Å². The summed E-state index contributed by atoms with van der Waals surface area (Å²) in [7, 11) is 3.65. The highest BCUT2D eigenvalue weighted by Gasteiger charge is 2.34. The Morgan fingerprint density at radius 1 is 1.41 bits per heavy atom. The third kappa shape index (κ3) is 4.77. The molecule has 0 aliphatic carbocycles. The number of hydrogen-bond acceptors (Lipinski definition) is 8. The number of carboxylic acid groups (broad SMARTS) is 1. The summed E-state index contributed by atoms with van der Waals surface area (Å²) >= 11 is 7.72. The highest BCUT2D eigenvalue weighted by molar-refractivity contribution is 7.17. The number of rotatable bonds is 7. The standard InChI is InChI=1S/C21H26ClN7O2S/c1-13-5-6-16(22)7-17(13)28-9-14(2)15(11-28)10-27(3)21-23-8-18(32-21)20-24-26-29(4,25-20)12-19(30)31/h5-8,14-15H,9-12H2,1-4H3/p+1. The number of halogens is 1. The zero-order chi connectivity index (χ0) is 23.0. The van der Waals surface area contributed by atoms with Gasteiger partial charge in [0.05, 0.1) is 11.4 Å². The van der Waals surface area contributed by atoms with E-state index in [0.29, 0.717) is 17.7 Å². The molecule has 4 rings (SSSR count). The summed E-state index contributed by atoms with van der Waals surface area (Å²) in [5, 5.41) is 23.1. The van der Waals surface area contributed by atoms with Crippen molar-refractivity contribution < 1.29 is 14.6 Å². The van der Waals surface area contributed by atoms with Gasteiger partial charge in [0.25, 0.3) is 5.84 Å². The Balaban J connectivity index is 1.42. The number of anilines is 2. The third-order valence-corrected chi connectivity index (χ3v) is 7.25. The van der Waals surface area contributed by atoms with Gasteiger partial charge in [-0.2, -0.15) is 0 Å². The molecular weight excluding hydrogens is 450 g/mol. The Morgan fingerprint density at radius 3 is 2.94 bits per heavy atom. The molecule has 3 heterocycles. The molecule has 1 aromatic heterocycles. The molecule has 3 unspecified atom stereocenters. The van der Waals surface area contributed by atoms with Crippen LogP contribution in [0.15, 0.2) is 39.8 Å². The fraction of sp³-hybridized carbons (Fsp3) is 0.476. The van der Waals surface area contributed by atoms with Gasteiger partial charge >= 0.3 is 5.97 Å². The molecule has 9 nitrogen and oxygen atoms in total. The molecule has 0 saturated carbocycles. The first-order chi connectivity index (χ1) is 15.1. The summed E-state index contributed by atoms with van der Waals surface area (Å²) < 4.78 is -0.341. The van der Waals surface area contributed by atoms with Gasteiger partial charge in [-0.1, -0.05) is 41.0 Å². The first-order valence-corrected chi connectivity index (χ1v) is 11.6. The smallest absolute Gasteiger partial charge is 0.364 e. The molecule has 1 fully saturated rings. The van der Waals surface area contributed by atoms with Gasteiger partial charge in [-0.15, -0.1) is 0 Å². The van der Waals surface area contributed by atoms with Crippen molar-refractivity contribution in [3.8, 4) is 0 Å². The molecule has 3 atom stereocenters. The van der Waals surface area contributed by atoms with Crippen LogP contribution in [0.5, 0.6) is 0 Å². The van der Waals surface area contributed by atoms with Crippen LogP contribution in [-0.2, 0) is 4.79 Å². The quantitative estimate of drug-likeness (QED) is 0.612. The van der Waals surface area contributed by atoms with Crippen molar-refractivity contribution in [2.75, 3.05) is 50.1 Å². The Labute approximate surface area is 196 Å². The minimum absolute atomic E-state index is 0.249. The molecule has 0 bridgehead atoms. The van der Waals surface area contributed by atoms with Crippen molar-refractivity contribution in [2.24, 2.45) is 27.3 Å². The van der Waals surface area contributed by atoms with Gasteiger partial charge in [0, 0.05) is 37.4 Å². The second-order valence-electron chi connectivity index (χ2n) is 8.71. The highest BCUT2D eigenvalue weighted by atomic mass is 35.5. The Kier molecular flexibility index (Phi) is 6.19. The van der Waals surface area contributed by atoms with Gasteiger partial charge < -0.3 is 14.9 Å². The number of aromatic nitrogens is 1. The molecule has 0 spiro atoms. The fourth-order valence-corrected chi connectivity index (χ4v) is 5.15. The SMILES string of the molecule is Cc1ccc(Cl)cc1N1CC(C)C(CN(C)c2ncc(C3=N[N+](C)(CC(=O)O)N=N3)s2)C1.